The summed E-state index contributed by atoms with van der Waals surface area (Å²) in [4.78, 5) is 16.2. The van der Waals surface area contributed by atoms with Crippen molar-refractivity contribution >= 4 is 17.3 Å². The molecular formula is C15H15N3O. The van der Waals surface area contributed by atoms with Crippen molar-refractivity contribution in [3.05, 3.63) is 53.3 Å². The van der Waals surface area contributed by atoms with Crippen LogP contribution in [0.1, 0.15) is 21.6 Å². The fourth-order valence-electron chi connectivity index (χ4n) is 2.19. The van der Waals surface area contributed by atoms with E-state index in [1.807, 2.05) is 31.2 Å². The summed E-state index contributed by atoms with van der Waals surface area (Å²) in [6.45, 7) is 2.86. The number of carbonyl (C=O) groups is 1. The van der Waals surface area contributed by atoms with Crippen LogP contribution in [-0.2, 0) is 6.42 Å². The number of pyridine rings is 1. The molecule has 0 radical (unpaired) electrons. The van der Waals surface area contributed by atoms with Crippen molar-refractivity contribution < 1.29 is 4.79 Å². The number of anilines is 2. The lowest BCUT2D eigenvalue weighted by atomic mass is 10.1. The SMILES string of the molecule is Cc1ccc(C(=O)Nc2ccc3c(c2)CCN3)cn1. The van der Waals surface area contributed by atoms with E-state index in [2.05, 4.69) is 15.6 Å². The van der Waals surface area contributed by atoms with Gasteiger partial charge in [0.05, 0.1) is 5.56 Å². The number of fused-ring (bicyclic) bond motifs is 1. The number of rotatable bonds is 2. The summed E-state index contributed by atoms with van der Waals surface area (Å²) >= 11 is 0. The van der Waals surface area contributed by atoms with Crippen molar-refractivity contribution in [1.82, 2.24) is 4.98 Å². The summed E-state index contributed by atoms with van der Waals surface area (Å²) in [5.41, 5.74) is 4.72. The Morgan fingerprint density at radius 1 is 1.32 bits per heavy atom. The van der Waals surface area contributed by atoms with E-state index in [4.69, 9.17) is 0 Å². The zero-order chi connectivity index (χ0) is 13.2. The Bertz CT molecular complexity index is 620. The van der Waals surface area contributed by atoms with Crippen molar-refractivity contribution in [2.45, 2.75) is 13.3 Å². The number of benzene rings is 1. The highest BCUT2D eigenvalue weighted by molar-refractivity contribution is 6.04. The Labute approximate surface area is 111 Å². The van der Waals surface area contributed by atoms with Crippen molar-refractivity contribution in [3.8, 4) is 0 Å². The van der Waals surface area contributed by atoms with E-state index in [1.165, 1.54) is 5.56 Å². The maximum Gasteiger partial charge on any atom is 0.257 e. The molecule has 1 aliphatic heterocycles. The van der Waals surface area contributed by atoms with Gasteiger partial charge in [-0.15, -0.1) is 0 Å². The first-order valence-corrected chi connectivity index (χ1v) is 6.33. The molecule has 0 fully saturated rings. The second kappa shape index (κ2) is 4.72. The molecule has 19 heavy (non-hydrogen) atoms. The zero-order valence-electron chi connectivity index (χ0n) is 10.7. The Morgan fingerprint density at radius 3 is 3.00 bits per heavy atom. The molecule has 3 rings (SSSR count). The van der Waals surface area contributed by atoms with Crippen molar-refractivity contribution in [1.29, 1.82) is 0 Å². The second-order valence-electron chi connectivity index (χ2n) is 4.69. The Morgan fingerprint density at radius 2 is 2.21 bits per heavy atom. The summed E-state index contributed by atoms with van der Waals surface area (Å²) in [5, 5.41) is 6.20. The monoisotopic (exact) mass is 253 g/mol. The molecule has 1 amide bonds. The number of nitrogens with one attached hydrogen (secondary N) is 2. The minimum atomic E-state index is -0.126. The number of carbonyl (C=O) groups excluding carboxylic acids is 1. The number of hydrogen-bond acceptors (Lipinski definition) is 3. The van der Waals surface area contributed by atoms with Gasteiger partial charge in [0, 0.05) is 29.8 Å². The number of nitrogens with zero attached hydrogens (tertiary/aromatic N) is 1. The van der Waals surface area contributed by atoms with E-state index in [-0.39, 0.29) is 5.91 Å². The standard InChI is InChI=1S/C15H15N3O/c1-10-2-3-12(9-17-10)15(19)18-13-4-5-14-11(8-13)6-7-16-14/h2-5,8-9,16H,6-7H2,1H3,(H,18,19). The molecule has 0 unspecified atom stereocenters. The van der Waals surface area contributed by atoms with Gasteiger partial charge in [-0.05, 0) is 49.2 Å². The summed E-state index contributed by atoms with van der Waals surface area (Å²) in [6, 6.07) is 9.56. The highest BCUT2D eigenvalue weighted by Crippen LogP contribution is 2.25. The molecule has 0 bridgehead atoms. The summed E-state index contributed by atoms with van der Waals surface area (Å²) in [5.74, 6) is -0.126. The van der Waals surface area contributed by atoms with Gasteiger partial charge in [0.1, 0.15) is 0 Å². The third-order valence-electron chi connectivity index (χ3n) is 3.25. The van der Waals surface area contributed by atoms with Crippen LogP contribution < -0.4 is 10.6 Å². The smallest absolute Gasteiger partial charge is 0.257 e. The average molecular weight is 253 g/mol. The molecule has 1 aromatic carbocycles. The maximum absolute atomic E-state index is 12.1. The number of aryl methyl sites for hydroxylation is 1. The highest BCUT2D eigenvalue weighted by atomic mass is 16.1. The van der Waals surface area contributed by atoms with E-state index in [9.17, 15) is 4.79 Å². The molecule has 1 aliphatic rings. The van der Waals surface area contributed by atoms with Gasteiger partial charge < -0.3 is 10.6 Å². The fourth-order valence-corrected chi connectivity index (χ4v) is 2.19. The van der Waals surface area contributed by atoms with Gasteiger partial charge in [-0.25, -0.2) is 0 Å². The molecule has 0 spiro atoms. The molecule has 0 aliphatic carbocycles. The summed E-state index contributed by atoms with van der Waals surface area (Å²) in [7, 11) is 0. The molecule has 2 heterocycles. The van der Waals surface area contributed by atoms with Gasteiger partial charge in [-0.2, -0.15) is 0 Å². The minimum absolute atomic E-state index is 0.126. The first-order valence-electron chi connectivity index (χ1n) is 6.33. The Kier molecular flexibility index (Phi) is 2.91. The van der Waals surface area contributed by atoms with E-state index in [0.29, 0.717) is 5.56 Å². The lowest BCUT2D eigenvalue weighted by molar-refractivity contribution is 0.102. The largest absolute Gasteiger partial charge is 0.384 e. The molecule has 96 valence electrons. The normalized spacial score (nSPS) is 12.7. The molecule has 4 nitrogen and oxygen atoms in total. The van der Waals surface area contributed by atoms with E-state index in [1.54, 1.807) is 12.3 Å². The molecule has 1 aromatic heterocycles. The van der Waals surface area contributed by atoms with Crippen molar-refractivity contribution in [3.63, 3.8) is 0 Å². The third-order valence-corrected chi connectivity index (χ3v) is 3.25. The third kappa shape index (κ3) is 2.42. The van der Waals surface area contributed by atoms with Gasteiger partial charge in [-0.3, -0.25) is 9.78 Å². The molecule has 2 aromatic rings. The minimum Gasteiger partial charge on any atom is -0.384 e. The zero-order valence-corrected chi connectivity index (χ0v) is 10.7. The van der Waals surface area contributed by atoms with Gasteiger partial charge in [0.2, 0.25) is 0 Å². The van der Waals surface area contributed by atoms with Crippen LogP contribution in [0.15, 0.2) is 36.5 Å². The first kappa shape index (κ1) is 11.7. The van der Waals surface area contributed by atoms with Gasteiger partial charge in [0.25, 0.3) is 5.91 Å². The van der Waals surface area contributed by atoms with Gasteiger partial charge in [-0.1, -0.05) is 0 Å². The van der Waals surface area contributed by atoms with Gasteiger partial charge >= 0.3 is 0 Å². The predicted molar refractivity (Wildman–Crippen MR) is 75.6 cm³/mol. The highest BCUT2D eigenvalue weighted by Gasteiger charge is 2.12. The van der Waals surface area contributed by atoms with E-state index >= 15 is 0 Å². The van der Waals surface area contributed by atoms with E-state index in [0.717, 1.165) is 30.0 Å². The Hall–Kier alpha value is -2.36. The van der Waals surface area contributed by atoms with Crippen molar-refractivity contribution in [2.24, 2.45) is 0 Å². The van der Waals surface area contributed by atoms with Crippen LogP contribution in [0.2, 0.25) is 0 Å². The average Bonchev–Trinajstić information content (AvgIpc) is 2.87. The number of aromatic nitrogens is 1. The van der Waals surface area contributed by atoms with Crippen LogP contribution in [0.3, 0.4) is 0 Å². The first-order chi connectivity index (χ1) is 9.22. The maximum atomic E-state index is 12.1. The number of amides is 1. The topological polar surface area (TPSA) is 54.0 Å². The quantitative estimate of drug-likeness (QED) is 0.865. The second-order valence-corrected chi connectivity index (χ2v) is 4.69. The molecule has 0 saturated carbocycles. The lowest BCUT2D eigenvalue weighted by Crippen LogP contribution is -2.12. The van der Waals surface area contributed by atoms with Gasteiger partial charge in [0.15, 0.2) is 0 Å². The molecule has 4 heteroatoms. The van der Waals surface area contributed by atoms with E-state index < -0.39 is 0 Å². The van der Waals surface area contributed by atoms with Crippen LogP contribution in [0.25, 0.3) is 0 Å². The van der Waals surface area contributed by atoms with Crippen LogP contribution >= 0.6 is 0 Å². The molecule has 0 saturated heterocycles. The lowest BCUT2D eigenvalue weighted by Gasteiger charge is -2.07. The summed E-state index contributed by atoms with van der Waals surface area (Å²) < 4.78 is 0. The predicted octanol–water partition coefficient (Wildman–Crippen LogP) is 2.61. The molecular weight excluding hydrogens is 238 g/mol. The fraction of sp³-hybridized carbons (Fsp3) is 0.200. The van der Waals surface area contributed by atoms with Crippen molar-refractivity contribution in [2.75, 3.05) is 17.2 Å². The van der Waals surface area contributed by atoms with Crippen LogP contribution in [0, 0.1) is 6.92 Å². The van der Waals surface area contributed by atoms with Crippen LogP contribution in [0.4, 0.5) is 11.4 Å². The van der Waals surface area contributed by atoms with Crippen LogP contribution in [-0.4, -0.2) is 17.4 Å². The molecule has 2 N–H and O–H groups in total. The number of hydrogen-bond donors (Lipinski definition) is 2. The summed E-state index contributed by atoms with van der Waals surface area (Å²) in [6.07, 6.45) is 2.60. The Balaban J connectivity index is 1.77. The molecule has 0 atom stereocenters. The van der Waals surface area contributed by atoms with Crippen LogP contribution in [0.5, 0.6) is 0 Å².